The molecule has 15 rings (SSSR count). The lowest BCUT2D eigenvalue weighted by Crippen LogP contribution is -2.11. The van der Waals surface area contributed by atoms with Gasteiger partial charge in [-0.15, -0.1) is 0 Å². The number of hydrogen-bond acceptors (Lipinski definition) is 5. The predicted molar refractivity (Wildman–Crippen MR) is 304 cm³/mol. The van der Waals surface area contributed by atoms with Crippen molar-refractivity contribution >= 4 is 121 Å². The van der Waals surface area contributed by atoms with Crippen LogP contribution < -0.4 is 9.80 Å². The zero-order valence-electron chi connectivity index (χ0n) is 40.8. The van der Waals surface area contributed by atoms with Crippen LogP contribution in [0.2, 0.25) is 0 Å². The van der Waals surface area contributed by atoms with E-state index in [2.05, 4.69) is 204 Å². The average Bonchev–Trinajstić information content (AvgIpc) is 4.19. The summed E-state index contributed by atoms with van der Waals surface area (Å²) >= 11 is 0. The summed E-state index contributed by atoms with van der Waals surface area (Å²) < 4.78 is 21.7. The number of furan rings is 3. The molecule has 0 unspecified atom stereocenters. The van der Waals surface area contributed by atoms with Crippen molar-refractivity contribution < 1.29 is 13.3 Å². The Morgan fingerprint density at radius 1 is 0.288 bits per heavy atom. The van der Waals surface area contributed by atoms with Crippen molar-refractivity contribution in [3.63, 3.8) is 0 Å². The molecular formula is C68H54N2O3. The van der Waals surface area contributed by atoms with Crippen LogP contribution in [0.1, 0.15) is 87.2 Å². The monoisotopic (exact) mass is 946 g/mol. The van der Waals surface area contributed by atoms with E-state index in [4.69, 9.17) is 13.3 Å². The molecule has 0 saturated heterocycles. The van der Waals surface area contributed by atoms with E-state index in [0.717, 1.165) is 111 Å². The highest BCUT2D eigenvalue weighted by Crippen LogP contribution is 2.52. The zero-order chi connectivity index (χ0) is 48.0. The molecule has 0 bridgehead atoms. The number of para-hydroxylation sites is 6. The number of anilines is 6. The summed E-state index contributed by atoms with van der Waals surface area (Å²) in [5.41, 5.74) is 14.3. The van der Waals surface area contributed by atoms with Crippen molar-refractivity contribution in [3.8, 4) is 0 Å². The van der Waals surface area contributed by atoms with Crippen LogP contribution >= 0.6 is 0 Å². The van der Waals surface area contributed by atoms with Gasteiger partial charge in [0, 0.05) is 66.6 Å². The summed E-state index contributed by atoms with van der Waals surface area (Å²) in [6.45, 7) is 0. The first-order valence-corrected chi connectivity index (χ1v) is 26.6. The van der Waals surface area contributed by atoms with E-state index >= 15 is 0 Å². The van der Waals surface area contributed by atoms with Gasteiger partial charge in [0.2, 0.25) is 0 Å². The molecule has 73 heavy (non-hydrogen) atoms. The standard InChI is InChI=1S/C68H54N2O3/c1-5-21-43(22-6-1)47-33-17-35-53-55-37-19-39-57(67(55)72-65(47)53)69(45-25-9-3-10-26-45)59-41-61-63(51-31-15-13-29-49(51)59)64-52-32-16-14-30-50(52)60(42-62(64)71-61)70(46-27-11-4-12-28-46)58-40-20-38-56-54-36-18-34-48(66(54)73-68(56)58)44-23-7-2-8-24-44/h3-4,9-20,25-44H,1-2,5-8,21-24H2. The van der Waals surface area contributed by atoms with Crippen molar-refractivity contribution in [1.82, 2.24) is 0 Å². The van der Waals surface area contributed by atoms with Crippen LogP contribution in [0.4, 0.5) is 34.1 Å². The Kier molecular flexibility index (Phi) is 9.99. The predicted octanol–water partition coefficient (Wildman–Crippen LogP) is 20.7. The summed E-state index contributed by atoms with van der Waals surface area (Å²) in [4.78, 5) is 4.77. The fourth-order valence-corrected chi connectivity index (χ4v) is 13.3. The van der Waals surface area contributed by atoms with Crippen molar-refractivity contribution in [1.29, 1.82) is 0 Å². The van der Waals surface area contributed by atoms with Gasteiger partial charge in [-0.1, -0.05) is 184 Å². The molecule has 0 spiro atoms. The molecule has 0 aliphatic heterocycles. The van der Waals surface area contributed by atoms with Crippen LogP contribution in [-0.2, 0) is 0 Å². The molecule has 0 atom stereocenters. The highest BCUT2D eigenvalue weighted by Gasteiger charge is 2.29. The maximum atomic E-state index is 7.33. The minimum absolute atomic E-state index is 0.514. The van der Waals surface area contributed by atoms with Gasteiger partial charge < -0.3 is 23.1 Å². The summed E-state index contributed by atoms with van der Waals surface area (Å²) in [5.74, 6) is 1.03. The second kappa shape index (κ2) is 17.2. The molecule has 2 saturated carbocycles. The molecule has 2 fully saturated rings. The molecule has 2 aliphatic carbocycles. The number of hydrogen-bond donors (Lipinski definition) is 0. The first-order valence-electron chi connectivity index (χ1n) is 26.6. The summed E-state index contributed by atoms with van der Waals surface area (Å²) in [6.07, 6.45) is 12.6. The molecule has 13 aromatic rings. The van der Waals surface area contributed by atoms with E-state index in [1.165, 1.54) is 86.1 Å². The molecular weight excluding hydrogens is 893 g/mol. The summed E-state index contributed by atoms with van der Waals surface area (Å²) in [6, 6.07) is 70.5. The Bertz CT molecular complexity index is 3970. The average molecular weight is 947 g/mol. The minimum Gasteiger partial charge on any atom is -0.456 e. The summed E-state index contributed by atoms with van der Waals surface area (Å²) in [5, 5.41) is 11.3. The van der Waals surface area contributed by atoms with Crippen molar-refractivity contribution in [2.75, 3.05) is 9.80 Å². The largest absolute Gasteiger partial charge is 0.456 e. The van der Waals surface area contributed by atoms with Gasteiger partial charge in [0.25, 0.3) is 0 Å². The fraction of sp³-hybridized carbons (Fsp3) is 0.176. The van der Waals surface area contributed by atoms with E-state index in [1.54, 1.807) is 0 Å². The molecule has 3 heterocycles. The Morgan fingerprint density at radius 3 is 1.07 bits per heavy atom. The quantitative estimate of drug-likeness (QED) is 0.152. The second-order valence-electron chi connectivity index (χ2n) is 20.7. The fourth-order valence-electron chi connectivity index (χ4n) is 13.3. The first kappa shape index (κ1) is 42.4. The molecule has 0 N–H and O–H groups in total. The second-order valence-corrected chi connectivity index (χ2v) is 20.7. The normalized spacial score (nSPS) is 15.0. The van der Waals surface area contributed by atoms with Gasteiger partial charge in [0.1, 0.15) is 22.3 Å². The van der Waals surface area contributed by atoms with E-state index in [1.807, 2.05) is 0 Å². The molecule has 3 aromatic heterocycles. The number of benzene rings is 10. The Balaban J connectivity index is 0.963. The van der Waals surface area contributed by atoms with Crippen LogP contribution in [0, 0.1) is 0 Å². The van der Waals surface area contributed by atoms with Gasteiger partial charge in [-0.05, 0) is 95.8 Å². The maximum Gasteiger partial charge on any atom is 0.159 e. The van der Waals surface area contributed by atoms with Crippen molar-refractivity contribution in [2.24, 2.45) is 0 Å². The van der Waals surface area contributed by atoms with Gasteiger partial charge in [-0.3, -0.25) is 0 Å². The number of rotatable bonds is 8. The highest BCUT2D eigenvalue weighted by molar-refractivity contribution is 6.30. The first-order chi connectivity index (χ1) is 36.2. The SMILES string of the molecule is c1ccc(N(c2cc3oc4cc(N(c5ccccc5)c5cccc6c5oc5c(C7CCCCC7)cccc56)c5ccccc5c4c3c3ccccc23)c2cccc3c2oc2c(C4CCCCC4)cccc23)cc1. The lowest BCUT2D eigenvalue weighted by atomic mass is 9.83. The van der Waals surface area contributed by atoms with Crippen molar-refractivity contribution in [2.45, 2.75) is 76.0 Å². The molecule has 0 amide bonds. The molecule has 354 valence electrons. The molecule has 10 aromatic carbocycles. The van der Waals surface area contributed by atoms with E-state index in [0.29, 0.717) is 11.8 Å². The van der Waals surface area contributed by atoms with Crippen LogP contribution in [0.5, 0.6) is 0 Å². The third kappa shape index (κ3) is 6.74. The van der Waals surface area contributed by atoms with E-state index in [-0.39, 0.29) is 0 Å². The van der Waals surface area contributed by atoms with Gasteiger partial charge in [-0.2, -0.15) is 0 Å². The maximum absolute atomic E-state index is 7.33. The van der Waals surface area contributed by atoms with E-state index < -0.39 is 0 Å². The minimum atomic E-state index is 0.514. The zero-order valence-corrected chi connectivity index (χ0v) is 40.8. The van der Waals surface area contributed by atoms with Gasteiger partial charge >= 0.3 is 0 Å². The van der Waals surface area contributed by atoms with Gasteiger partial charge in [0.05, 0.1) is 22.7 Å². The molecule has 2 aliphatic rings. The molecule has 0 radical (unpaired) electrons. The van der Waals surface area contributed by atoms with Crippen molar-refractivity contribution in [3.05, 3.63) is 205 Å². The molecule has 5 heteroatoms. The lowest BCUT2D eigenvalue weighted by Gasteiger charge is -2.27. The Morgan fingerprint density at radius 2 is 0.644 bits per heavy atom. The Labute approximate surface area is 423 Å². The Hall–Kier alpha value is -8.28. The van der Waals surface area contributed by atoms with Crippen LogP contribution in [0.3, 0.4) is 0 Å². The highest BCUT2D eigenvalue weighted by atomic mass is 16.3. The topological polar surface area (TPSA) is 45.9 Å². The van der Waals surface area contributed by atoms with Crippen LogP contribution in [0.15, 0.2) is 207 Å². The van der Waals surface area contributed by atoms with E-state index in [9.17, 15) is 0 Å². The lowest BCUT2D eigenvalue weighted by molar-refractivity contribution is 0.442. The van der Waals surface area contributed by atoms with Gasteiger partial charge in [0.15, 0.2) is 11.2 Å². The molecule has 5 nitrogen and oxygen atoms in total. The number of nitrogens with zero attached hydrogens (tertiary/aromatic N) is 2. The third-order valence-electron chi connectivity index (χ3n) is 16.6. The van der Waals surface area contributed by atoms with Gasteiger partial charge in [-0.25, -0.2) is 0 Å². The summed E-state index contributed by atoms with van der Waals surface area (Å²) in [7, 11) is 0. The van der Waals surface area contributed by atoms with Crippen LogP contribution in [-0.4, -0.2) is 0 Å². The number of fused-ring (bicyclic) bond motifs is 13. The third-order valence-corrected chi connectivity index (χ3v) is 16.6. The van der Waals surface area contributed by atoms with Crippen LogP contribution in [0.25, 0.3) is 87.4 Å². The smallest absolute Gasteiger partial charge is 0.159 e.